The smallest absolute Gasteiger partial charge is 0.257 e. The van der Waals surface area contributed by atoms with Crippen molar-refractivity contribution < 1.29 is 4.79 Å². The molecule has 1 aliphatic rings. The van der Waals surface area contributed by atoms with Crippen molar-refractivity contribution in [3.63, 3.8) is 0 Å². The van der Waals surface area contributed by atoms with Crippen LogP contribution in [0.3, 0.4) is 0 Å². The maximum absolute atomic E-state index is 12.5. The predicted octanol–water partition coefficient (Wildman–Crippen LogP) is 5.08. The maximum Gasteiger partial charge on any atom is 0.257 e. The second-order valence-electron chi connectivity index (χ2n) is 5.75. The summed E-state index contributed by atoms with van der Waals surface area (Å²) in [6.45, 7) is 0. The largest absolute Gasteiger partial charge is 0.298 e. The van der Waals surface area contributed by atoms with Gasteiger partial charge in [-0.25, -0.2) is 4.98 Å². The lowest BCUT2D eigenvalue weighted by molar-refractivity contribution is 0.102. The van der Waals surface area contributed by atoms with E-state index in [9.17, 15) is 4.79 Å². The fraction of sp³-hybridized carbons (Fsp3) is 0.222. The summed E-state index contributed by atoms with van der Waals surface area (Å²) >= 11 is 7.57. The Bertz CT molecular complexity index is 903. The number of thiazole rings is 1. The molecule has 1 aromatic heterocycles. The highest BCUT2D eigenvalue weighted by Crippen LogP contribution is 2.31. The number of aryl methyl sites for hydroxylation is 2. The van der Waals surface area contributed by atoms with Crippen molar-refractivity contribution in [1.82, 2.24) is 4.98 Å². The van der Waals surface area contributed by atoms with E-state index in [2.05, 4.69) is 16.4 Å². The minimum atomic E-state index is -0.117. The molecule has 3 aromatic rings. The zero-order valence-electron chi connectivity index (χ0n) is 12.4. The lowest BCUT2D eigenvalue weighted by atomic mass is 9.90. The van der Waals surface area contributed by atoms with E-state index in [-0.39, 0.29) is 5.91 Å². The SMILES string of the molecule is O=C(Nc1nc2c(Cl)cccc2s1)c1ccc2c(c1)CCCC2. The lowest BCUT2D eigenvalue weighted by Crippen LogP contribution is -2.13. The molecule has 5 heteroatoms. The van der Waals surface area contributed by atoms with Crippen molar-refractivity contribution in [3.05, 3.63) is 58.1 Å². The van der Waals surface area contributed by atoms with Crippen LogP contribution in [0.4, 0.5) is 5.13 Å². The number of anilines is 1. The van der Waals surface area contributed by atoms with Crippen LogP contribution in [0.15, 0.2) is 36.4 Å². The first-order valence-electron chi connectivity index (χ1n) is 7.69. The molecule has 0 aliphatic heterocycles. The highest BCUT2D eigenvalue weighted by molar-refractivity contribution is 7.22. The summed E-state index contributed by atoms with van der Waals surface area (Å²) in [6.07, 6.45) is 4.63. The third-order valence-corrected chi connectivity index (χ3v) is 5.44. The van der Waals surface area contributed by atoms with Crippen molar-refractivity contribution >= 4 is 44.2 Å². The Balaban J connectivity index is 1.60. The van der Waals surface area contributed by atoms with E-state index in [1.54, 1.807) is 6.07 Å². The van der Waals surface area contributed by atoms with Crippen LogP contribution in [0.2, 0.25) is 5.02 Å². The average Bonchev–Trinajstić information content (AvgIpc) is 2.98. The van der Waals surface area contributed by atoms with Crippen molar-refractivity contribution in [2.75, 3.05) is 5.32 Å². The molecule has 0 saturated heterocycles. The molecule has 0 bridgehead atoms. The number of para-hydroxylation sites is 1. The minimum absolute atomic E-state index is 0.117. The molecule has 4 rings (SSSR count). The Morgan fingerprint density at radius 3 is 2.78 bits per heavy atom. The number of amides is 1. The molecule has 23 heavy (non-hydrogen) atoms. The zero-order valence-corrected chi connectivity index (χ0v) is 14.0. The molecule has 116 valence electrons. The Hall–Kier alpha value is -1.91. The third-order valence-electron chi connectivity index (χ3n) is 4.20. The van der Waals surface area contributed by atoms with E-state index in [1.807, 2.05) is 24.3 Å². The second kappa shape index (κ2) is 5.95. The molecule has 2 aromatic carbocycles. The van der Waals surface area contributed by atoms with Crippen molar-refractivity contribution in [2.45, 2.75) is 25.7 Å². The highest BCUT2D eigenvalue weighted by atomic mass is 35.5. The van der Waals surface area contributed by atoms with Gasteiger partial charge in [0.05, 0.1) is 9.72 Å². The summed E-state index contributed by atoms with van der Waals surface area (Å²) in [6, 6.07) is 11.6. The monoisotopic (exact) mass is 342 g/mol. The molecular weight excluding hydrogens is 328 g/mol. The third kappa shape index (κ3) is 2.84. The Labute approximate surface area is 143 Å². The van der Waals surface area contributed by atoms with Crippen LogP contribution in [0.25, 0.3) is 10.2 Å². The van der Waals surface area contributed by atoms with Gasteiger partial charge in [-0.05, 0) is 61.1 Å². The first-order chi connectivity index (χ1) is 11.2. The second-order valence-corrected chi connectivity index (χ2v) is 7.19. The average molecular weight is 343 g/mol. The topological polar surface area (TPSA) is 42.0 Å². The minimum Gasteiger partial charge on any atom is -0.298 e. The molecule has 0 spiro atoms. The number of fused-ring (bicyclic) bond motifs is 2. The van der Waals surface area contributed by atoms with E-state index < -0.39 is 0 Å². The van der Waals surface area contributed by atoms with Crippen LogP contribution < -0.4 is 5.32 Å². The normalized spacial score (nSPS) is 13.8. The summed E-state index contributed by atoms with van der Waals surface area (Å²) in [5.74, 6) is -0.117. The summed E-state index contributed by atoms with van der Waals surface area (Å²) in [4.78, 5) is 16.9. The Morgan fingerprint density at radius 1 is 1.13 bits per heavy atom. The number of rotatable bonds is 2. The number of benzene rings is 2. The van der Waals surface area contributed by atoms with Gasteiger partial charge in [-0.15, -0.1) is 0 Å². The maximum atomic E-state index is 12.5. The number of carbonyl (C=O) groups excluding carboxylic acids is 1. The molecule has 1 aliphatic carbocycles. The number of hydrogen-bond donors (Lipinski definition) is 1. The van der Waals surface area contributed by atoms with Crippen LogP contribution >= 0.6 is 22.9 Å². The van der Waals surface area contributed by atoms with E-state index in [0.717, 1.165) is 23.1 Å². The first kappa shape index (κ1) is 14.7. The fourth-order valence-electron chi connectivity index (χ4n) is 3.01. The number of halogens is 1. The van der Waals surface area contributed by atoms with Crippen molar-refractivity contribution in [1.29, 1.82) is 0 Å². The van der Waals surface area contributed by atoms with Crippen LogP contribution in [-0.2, 0) is 12.8 Å². The van der Waals surface area contributed by atoms with Gasteiger partial charge in [-0.2, -0.15) is 0 Å². The first-order valence-corrected chi connectivity index (χ1v) is 8.88. The molecule has 1 heterocycles. The quantitative estimate of drug-likeness (QED) is 0.705. The van der Waals surface area contributed by atoms with Gasteiger partial charge in [0.2, 0.25) is 0 Å². The van der Waals surface area contributed by atoms with Gasteiger partial charge in [0.25, 0.3) is 5.91 Å². The molecule has 0 unspecified atom stereocenters. The van der Waals surface area contributed by atoms with E-state index in [1.165, 1.54) is 35.3 Å². The van der Waals surface area contributed by atoms with Gasteiger partial charge in [-0.1, -0.05) is 35.1 Å². The number of carbonyl (C=O) groups is 1. The molecule has 0 radical (unpaired) electrons. The van der Waals surface area contributed by atoms with Gasteiger partial charge >= 0.3 is 0 Å². The van der Waals surface area contributed by atoms with Gasteiger partial charge in [0, 0.05) is 5.56 Å². The van der Waals surface area contributed by atoms with Gasteiger partial charge in [0.1, 0.15) is 5.52 Å². The van der Waals surface area contributed by atoms with Gasteiger partial charge in [0.15, 0.2) is 5.13 Å². The number of nitrogens with one attached hydrogen (secondary N) is 1. The lowest BCUT2D eigenvalue weighted by Gasteiger charge is -2.16. The number of hydrogen-bond acceptors (Lipinski definition) is 3. The van der Waals surface area contributed by atoms with E-state index in [0.29, 0.717) is 15.7 Å². The van der Waals surface area contributed by atoms with Crippen molar-refractivity contribution in [3.8, 4) is 0 Å². The fourth-order valence-corrected chi connectivity index (χ4v) is 4.17. The summed E-state index contributed by atoms with van der Waals surface area (Å²) in [5.41, 5.74) is 4.10. The predicted molar refractivity (Wildman–Crippen MR) is 95.7 cm³/mol. The van der Waals surface area contributed by atoms with Crippen LogP contribution in [0.1, 0.15) is 34.3 Å². The van der Waals surface area contributed by atoms with Crippen LogP contribution in [0.5, 0.6) is 0 Å². The Morgan fingerprint density at radius 2 is 1.96 bits per heavy atom. The number of nitrogens with zero attached hydrogens (tertiary/aromatic N) is 1. The molecule has 3 nitrogen and oxygen atoms in total. The van der Waals surface area contributed by atoms with E-state index in [4.69, 9.17) is 11.6 Å². The molecule has 0 fully saturated rings. The molecule has 0 saturated carbocycles. The highest BCUT2D eigenvalue weighted by Gasteiger charge is 2.15. The van der Waals surface area contributed by atoms with Gasteiger partial charge in [-0.3, -0.25) is 10.1 Å². The zero-order chi connectivity index (χ0) is 15.8. The summed E-state index contributed by atoms with van der Waals surface area (Å²) < 4.78 is 0.971. The molecular formula is C18H15ClN2OS. The van der Waals surface area contributed by atoms with Crippen LogP contribution in [-0.4, -0.2) is 10.9 Å². The van der Waals surface area contributed by atoms with Gasteiger partial charge < -0.3 is 0 Å². The number of aromatic nitrogens is 1. The summed E-state index contributed by atoms with van der Waals surface area (Å²) in [5, 5.41) is 4.08. The van der Waals surface area contributed by atoms with E-state index >= 15 is 0 Å². The van der Waals surface area contributed by atoms with Crippen LogP contribution in [0, 0.1) is 0 Å². The molecule has 1 N–H and O–H groups in total. The molecule has 1 amide bonds. The summed E-state index contributed by atoms with van der Waals surface area (Å²) in [7, 11) is 0. The van der Waals surface area contributed by atoms with Crippen molar-refractivity contribution in [2.24, 2.45) is 0 Å². The Kier molecular flexibility index (Phi) is 3.79. The molecule has 0 atom stereocenters. The standard InChI is InChI=1S/C18H15ClN2OS/c19-14-6-3-7-15-16(14)20-18(23-15)21-17(22)13-9-8-11-4-1-2-5-12(11)10-13/h3,6-10H,1-2,4-5H2,(H,20,21,22).